The quantitative estimate of drug-likeness (QED) is 0.880. The van der Waals surface area contributed by atoms with Crippen molar-refractivity contribution in [1.82, 2.24) is 10.2 Å². The normalized spacial score (nSPS) is 12.7. The van der Waals surface area contributed by atoms with E-state index in [1.165, 1.54) is 16.7 Å². The topological polar surface area (TPSA) is 64.9 Å². The van der Waals surface area contributed by atoms with E-state index in [1.54, 1.807) is 0 Å². The van der Waals surface area contributed by atoms with E-state index in [9.17, 15) is 0 Å². The van der Waals surface area contributed by atoms with Gasteiger partial charge < -0.3 is 10.2 Å². The van der Waals surface area contributed by atoms with E-state index in [2.05, 4.69) is 42.2 Å². The van der Waals surface area contributed by atoms with Gasteiger partial charge >= 0.3 is 0 Å². The van der Waals surface area contributed by atoms with Crippen LogP contribution >= 0.6 is 0 Å². The molecule has 0 aliphatic heterocycles. The summed E-state index contributed by atoms with van der Waals surface area (Å²) in [5.41, 5.74) is 9.40. The molecule has 0 saturated carbocycles. The third-order valence-electron chi connectivity index (χ3n) is 2.80. The van der Waals surface area contributed by atoms with E-state index in [1.807, 2.05) is 6.92 Å². The summed E-state index contributed by atoms with van der Waals surface area (Å²) < 4.78 is 5.47. The molecule has 4 heteroatoms. The number of hydrogen-bond acceptors (Lipinski definition) is 4. The van der Waals surface area contributed by atoms with E-state index in [-0.39, 0.29) is 6.04 Å². The Labute approximate surface area is 101 Å². The highest BCUT2D eigenvalue weighted by Gasteiger charge is 2.10. The molecule has 2 N–H and O–H groups in total. The molecule has 0 bridgehead atoms. The second-order valence-electron chi connectivity index (χ2n) is 4.42. The van der Waals surface area contributed by atoms with Gasteiger partial charge in [0.2, 0.25) is 11.8 Å². The lowest BCUT2D eigenvalue weighted by atomic mass is 10.0. The van der Waals surface area contributed by atoms with Crippen LogP contribution in [0.2, 0.25) is 0 Å². The number of nitrogens with zero attached hydrogens (tertiary/aromatic N) is 2. The number of aryl methyl sites for hydroxylation is 2. The Morgan fingerprint density at radius 3 is 2.59 bits per heavy atom. The van der Waals surface area contributed by atoms with Gasteiger partial charge in [-0.15, -0.1) is 10.2 Å². The predicted molar refractivity (Wildman–Crippen MR) is 65.6 cm³/mol. The third kappa shape index (κ3) is 2.71. The van der Waals surface area contributed by atoms with Gasteiger partial charge in [0, 0.05) is 0 Å². The average Bonchev–Trinajstić information content (AvgIpc) is 2.72. The van der Waals surface area contributed by atoms with Crippen LogP contribution in [-0.4, -0.2) is 10.2 Å². The van der Waals surface area contributed by atoms with Crippen LogP contribution in [0.15, 0.2) is 22.6 Å². The largest absolute Gasteiger partial charge is 0.423 e. The molecule has 0 spiro atoms. The summed E-state index contributed by atoms with van der Waals surface area (Å²) in [4.78, 5) is 0. The first-order valence-corrected chi connectivity index (χ1v) is 5.70. The minimum absolute atomic E-state index is 0.212. The summed E-state index contributed by atoms with van der Waals surface area (Å²) in [6.45, 7) is 6.02. The summed E-state index contributed by atoms with van der Waals surface area (Å²) in [5, 5.41) is 7.90. The van der Waals surface area contributed by atoms with Gasteiger partial charge in [0.15, 0.2) is 0 Å². The second kappa shape index (κ2) is 4.67. The molecule has 0 saturated heterocycles. The fourth-order valence-electron chi connectivity index (χ4n) is 1.61. The fourth-order valence-corrected chi connectivity index (χ4v) is 1.61. The van der Waals surface area contributed by atoms with Gasteiger partial charge in [-0.1, -0.05) is 18.2 Å². The van der Waals surface area contributed by atoms with E-state index < -0.39 is 0 Å². The van der Waals surface area contributed by atoms with Crippen LogP contribution in [0.25, 0.3) is 0 Å². The molecule has 0 radical (unpaired) electrons. The molecular formula is C13H17N3O. The Hall–Kier alpha value is -1.68. The summed E-state index contributed by atoms with van der Waals surface area (Å²) in [7, 11) is 0. The molecule has 1 aromatic heterocycles. The lowest BCUT2D eigenvalue weighted by Gasteiger charge is -2.02. The second-order valence-corrected chi connectivity index (χ2v) is 4.42. The zero-order valence-corrected chi connectivity index (χ0v) is 10.4. The van der Waals surface area contributed by atoms with Crippen molar-refractivity contribution in [3.63, 3.8) is 0 Å². The molecule has 17 heavy (non-hydrogen) atoms. The zero-order chi connectivity index (χ0) is 12.4. The number of hydrogen-bond donors (Lipinski definition) is 1. The maximum Gasteiger partial charge on any atom is 0.232 e. The molecule has 1 unspecified atom stereocenters. The monoisotopic (exact) mass is 231 g/mol. The van der Waals surface area contributed by atoms with Gasteiger partial charge in [-0.25, -0.2) is 0 Å². The predicted octanol–water partition coefficient (Wildman–Crippen LogP) is 2.30. The molecule has 1 aromatic carbocycles. The minimum Gasteiger partial charge on any atom is -0.423 e. The first kappa shape index (κ1) is 11.8. The lowest BCUT2D eigenvalue weighted by Crippen LogP contribution is -2.04. The van der Waals surface area contributed by atoms with E-state index >= 15 is 0 Å². The number of nitrogens with two attached hydrogens (primary N) is 1. The van der Waals surface area contributed by atoms with E-state index in [4.69, 9.17) is 10.2 Å². The molecule has 0 aliphatic rings. The van der Waals surface area contributed by atoms with Crippen molar-refractivity contribution < 1.29 is 4.42 Å². The van der Waals surface area contributed by atoms with Crippen LogP contribution in [0.3, 0.4) is 0 Å². The lowest BCUT2D eigenvalue weighted by molar-refractivity contribution is 0.433. The molecule has 1 atom stereocenters. The highest BCUT2D eigenvalue weighted by molar-refractivity contribution is 5.31. The van der Waals surface area contributed by atoms with Crippen molar-refractivity contribution in [3.05, 3.63) is 46.7 Å². The first-order chi connectivity index (χ1) is 8.06. The average molecular weight is 231 g/mol. The smallest absolute Gasteiger partial charge is 0.232 e. The van der Waals surface area contributed by atoms with E-state index in [0.717, 1.165) is 0 Å². The molecular weight excluding hydrogens is 214 g/mol. The van der Waals surface area contributed by atoms with Crippen molar-refractivity contribution >= 4 is 0 Å². The van der Waals surface area contributed by atoms with Crippen LogP contribution in [0.1, 0.15) is 41.4 Å². The molecule has 0 fully saturated rings. The SMILES string of the molecule is Cc1ccc(Cc2nnc(C(C)N)o2)cc1C. The fraction of sp³-hybridized carbons (Fsp3) is 0.385. The number of rotatable bonds is 3. The van der Waals surface area contributed by atoms with Crippen molar-refractivity contribution in [2.75, 3.05) is 0 Å². The van der Waals surface area contributed by atoms with Gasteiger partial charge in [0.25, 0.3) is 0 Å². The molecule has 0 amide bonds. The van der Waals surface area contributed by atoms with Crippen LogP contribution in [-0.2, 0) is 6.42 Å². The standard InChI is InChI=1S/C13H17N3O/c1-8-4-5-11(6-9(8)2)7-12-15-16-13(17-12)10(3)14/h4-6,10H,7,14H2,1-3H3. The summed E-state index contributed by atoms with van der Waals surface area (Å²) in [6, 6.07) is 6.12. The van der Waals surface area contributed by atoms with Crippen molar-refractivity contribution in [3.8, 4) is 0 Å². The number of benzene rings is 1. The molecule has 4 nitrogen and oxygen atoms in total. The first-order valence-electron chi connectivity index (χ1n) is 5.70. The Morgan fingerprint density at radius 2 is 2.00 bits per heavy atom. The van der Waals surface area contributed by atoms with Crippen LogP contribution in [0, 0.1) is 13.8 Å². The van der Waals surface area contributed by atoms with Crippen LogP contribution < -0.4 is 5.73 Å². The maximum absolute atomic E-state index is 5.67. The van der Waals surface area contributed by atoms with Crippen LogP contribution in [0.5, 0.6) is 0 Å². The van der Waals surface area contributed by atoms with Gasteiger partial charge in [-0.05, 0) is 37.5 Å². The summed E-state index contributed by atoms with van der Waals surface area (Å²) >= 11 is 0. The van der Waals surface area contributed by atoms with E-state index in [0.29, 0.717) is 18.2 Å². The Balaban J connectivity index is 2.16. The molecule has 90 valence electrons. The van der Waals surface area contributed by atoms with Gasteiger partial charge in [0.05, 0.1) is 12.5 Å². The Bertz CT molecular complexity index is 517. The molecule has 2 rings (SSSR count). The Morgan fingerprint density at radius 1 is 1.24 bits per heavy atom. The maximum atomic E-state index is 5.67. The number of aromatic nitrogens is 2. The molecule has 0 aliphatic carbocycles. The minimum atomic E-state index is -0.212. The summed E-state index contributed by atoms with van der Waals surface area (Å²) in [6.07, 6.45) is 0.654. The van der Waals surface area contributed by atoms with Gasteiger partial charge in [-0.2, -0.15) is 0 Å². The Kier molecular flexibility index (Phi) is 3.24. The molecule has 2 aromatic rings. The molecule has 1 heterocycles. The van der Waals surface area contributed by atoms with Crippen molar-refractivity contribution in [2.45, 2.75) is 33.2 Å². The third-order valence-corrected chi connectivity index (χ3v) is 2.80. The van der Waals surface area contributed by atoms with Crippen molar-refractivity contribution in [2.24, 2.45) is 5.73 Å². The van der Waals surface area contributed by atoms with Gasteiger partial charge in [-0.3, -0.25) is 0 Å². The summed E-state index contributed by atoms with van der Waals surface area (Å²) in [5.74, 6) is 1.10. The highest BCUT2D eigenvalue weighted by atomic mass is 16.4. The zero-order valence-electron chi connectivity index (χ0n) is 10.4. The van der Waals surface area contributed by atoms with Crippen LogP contribution in [0.4, 0.5) is 0 Å². The van der Waals surface area contributed by atoms with Gasteiger partial charge in [0.1, 0.15) is 0 Å². The van der Waals surface area contributed by atoms with Crippen molar-refractivity contribution in [1.29, 1.82) is 0 Å². The highest BCUT2D eigenvalue weighted by Crippen LogP contribution is 2.15.